The Balaban J connectivity index is 1.06. The number of ether oxygens (including phenoxy) is 2. The second kappa shape index (κ2) is 17.0. The smallest absolute Gasteiger partial charge is 0.433 e. The number of nitrogens with zero attached hydrogens (tertiary/aromatic N) is 4. The first-order chi connectivity index (χ1) is 30.6. The Kier molecular flexibility index (Phi) is 11.5. The summed E-state index contributed by atoms with van der Waals surface area (Å²) in [6, 6.07) is 6.65. The van der Waals surface area contributed by atoms with E-state index < -0.39 is 80.6 Å². The first-order valence-corrected chi connectivity index (χ1v) is 23.4. The van der Waals surface area contributed by atoms with Crippen molar-refractivity contribution in [2.75, 3.05) is 6.54 Å². The number of sulfonamides is 1. The number of carbonyl (C=O) groups is 4. The maximum absolute atomic E-state index is 14.8. The molecule has 3 aromatic heterocycles. The molecule has 64 heavy (non-hydrogen) atoms. The van der Waals surface area contributed by atoms with Crippen LogP contribution >= 0.6 is 0 Å². The number of furan rings is 1. The van der Waals surface area contributed by atoms with Crippen LogP contribution in [0.2, 0.25) is 0 Å². The zero-order valence-electron chi connectivity index (χ0n) is 35.0. The summed E-state index contributed by atoms with van der Waals surface area (Å²) in [5.74, 6) is -2.83. The molecule has 1 aromatic carbocycles. The van der Waals surface area contributed by atoms with Crippen LogP contribution in [0, 0.1) is 12.8 Å². The fourth-order valence-electron chi connectivity index (χ4n) is 9.06. The van der Waals surface area contributed by atoms with Crippen molar-refractivity contribution in [3.63, 3.8) is 0 Å². The molecule has 2 aliphatic heterocycles. The normalized spacial score (nSPS) is 26.3. The first kappa shape index (κ1) is 43.5. The minimum Gasteiger partial charge on any atom is -0.470 e. The van der Waals surface area contributed by atoms with Crippen molar-refractivity contribution in [2.24, 2.45) is 5.92 Å². The van der Waals surface area contributed by atoms with Crippen LogP contribution in [-0.2, 0) is 35.3 Å². The number of alkyl carbamates (subject to hydrolysis) is 1. The molecule has 5 aliphatic rings. The molecule has 0 unspecified atom stereocenters. The summed E-state index contributed by atoms with van der Waals surface area (Å²) in [7, 11) is -3.98. The third kappa shape index (κ3) is 8.84. The molecule has 340 valence electrons. The Morgan fingerprint density at radius 2 is 1.72 bits per heavy atom. The third-order valence-electron chi connectivity index (χ3n) is 12.8. The monoisotopic (exact) mass is 907 g/mol. The highest BCUT2D eigenvalue weighted by Gasteiger charge is 2.62. The van der Waals surface area contributed by atoms with Crippen molar-refractivity contribution < 1.29 is 54.7 Å². The average Bonchev–Trinajstić information content (AvgIpc) is 4.06. The Morgan fingerprint density at radius 3 is 2.47 bits per heavy atom. The van der Waals surface area contributed by atoms with Gasteiger partial charge in [0.1, 0.15) is 46.6 Å². The van der Waals surface area contributed by atoms with E-state index in [1.165, 1.54) is 17.9 Å². The van der Waals surface area contributed by atoms with Crippen molar-refractivity contribution in [3.8, 4) is 17.3 Å². The maximum Gasteiger partial charge on any atom is 0.433 e. The summed E-state index contributed by atoms with van der Waals surface area (Å²) >= 11 is 0. The van der Waals surface area contributed by atoms with Crippen LogP contribution in [0.4, 0.5) is 18.0 Å². The number of aromatic nitrogens is 3. The third-order valence-corrected chi connectivity index (χ3v) is 14.6. The van der Waals surface area contributed by atoms with Gasteiger partial charge in [-0.15, -0.1) is 0 Å². The molecule has 16 nitrogen and oxygen atoms in total. The van der Waals surface area contributed by atoms with Gasteiger partial charge in [-0.3, -0.25) is 19.1 Å². The fourth-order valence-corrected chi connectivity index (χ4v) is 10.4. The predicted molar refractivity (Wildman–Crippen MR) is 224 cm³/mol. The van der Waals surface area contributed by atoms with Gasteiger partial charge in [-0.05, 0) is 95.4 Å². The number of para-hydroxylation sites is 1. The molecule has 0 bridgehead atoms. The Labute approximate surface area is 366 Å². The number of pyridine rings is 1. The molecule has 4 aromatic rings. The number of fused-ring (bicyclic) bond motifs is 5. The second-order valence-electron chi connectivity index (χ2n) is 17.5. The van der Waals surface area contributed by atoms with Gasteiger partial charge in [-0.25, -0.2) is 23.2 Å². The van der Waals surface area contributed by atoms with Crippen molar-refractivity contribution in [2.45, 2.75) is 132 Å². The lowest BCUT2D eigenvalue weighted by atomic mass is 10.0. The minimum absolute atomic E-state index is 0.00285. The van der Waals surface area contributed by atoms with E-state index in [0.717, 1.165) is 25.3 Å². The number of allylic oxidation sites excluding steroid dienone is 1. The van der Waals surface area contributed by atoms with Gasteiger partial charge >= 0.3 is 12.3 Å². The summed E-state index contributed by atoms with van der Waals surface area (Å²) in [5.41, 5.74) is -1.68. The van der Waals surface area contributed by atoms with E-state index in [0.29, 0.717) is 61.4 Å². The molecule has 0 spiro atoms. The standard InChI is InChI=1S/C44H48F3N7O9S/c1-24-29(19-20-34(48-24)44(45,46)47)37-50-35-30-14-9-10-16-33(30)63-36(35)39(51-37)61-27-21-32-38(55)52-43(41(57)53-64(59,60)28-17-18-28)22-25(43)11-5-3-2-4-6-15-31(40(56)54(32)23-27)49-42(58)62-26-12-7-8-13-26/h5,9-11,14,16,19-20,25-28,31-32H,2-4,6-8,12-13,15,17-18,21-23H2,1H3,(H,49,58)(H,52,55)(H,53,57)/b11-5-/t25-,27+,31-,32-,43+/m0/s1. The van der Waals surface area contributed by atoms with E-state index >= 15 is 0 Å². The Morgan fingerprint density at radius 1 is 0.953 bits per heavy atom. The number of hydrogen-bond donors (Lipinski definition) is 3. The summed E-state index contributed by atoms with van der Waals surface area (Å²) in [6.45, 7) is 1.20. The molecule has 9 rings (SSSR count). The van der Waals surface area contributed by atoms with Crippen LogP contribution in [0.25, 0.3) is 33.5 Å². The molecule has 1 saturated heterocycles. The molecule has 3 N–H and O–H groups in total. The van der Waals surface area contributed by atoms with E-state index in [2.05, 4.69) is 30.3 Å². The summed E-state index contributed by atoms with van der Waals surface area (Å²) in [4.78, 5) is 70.9. The molecule has 20 heteroatoms. The topological polar surface area (TPSA) is 212 Å². The lowest BCUT2D eigenvalue weighted by molar-refractivity contribution is -0.141. The van der Waals surface area contributed by atoms with Gasteiger partial charge in [-0.2, -0.15) is 18.2 Å². The zero-order valence-corrected chi connectivity index (χ0v) is 35.8. The summed E-state index contributed by atoms with van der Waals surface area (Å²) in [5, 5.41) is 5.48. The maximum atomic E-state index is 14.8. The molecule has 4 amide bonds. The van der Waals surface area contributed by atoms with Crippen molar-refractivity contribution >= 4 is 55.9 Å². The van der Waals surface area contributed by atoms with Crippen LogP contribution in [0.5, 0.6) is 5.88 Å². The van der Waals surface area contributed by atoms with E-state index in [1.807, 2.05) is 12.2 Å². The number of carbonyl (C=O) groups excluding carboxylic acids is 4. The minimum atomic E-state index is -4.69. The van der Waals surface area contributed by atoms with Gasteiger partial charge in [0, 0.05) is 29.0 Å². The van der Waals surface area contributed by atoms with E-state index in [-0.39, 0.29) is 60.5 Å². The van der Waals surface area contributed by atoms with E-state index in [9.17, 15) is 40.8 Å². The number of rotatable bonds is 8. The highest BCUT2D eigenvalue weighted by Crippen LogP contribution is 2.46. The van der Waals surface area contributed by atoms with E-state index in [1.54, 1.807) is 24.3 Å². The van der Waals surface area contributed by atoms with Gasteiger partial charge < -0.3 is 29.4 Å². The Hall–Kier alpha value is -5.79. The van der Waals surface area contributed by atoms with Crippen LogP contribution in [0.1, 0.15) is 94.9 Å². The fraction of sp³-hybridized carbons (Fsp3) is 0.523. The number of amides is 4. The van der Waals surface area contributed by atoms with Gasteiger partial charge in [0.05, 0.1) is 11.8 Å². The van der Waals surface area contributed by atoms with Crippen molar-refractivity contribution in [3.05, 3.63) is 59.9 Å². The molecule has 5 atom stereocenters. The molecule has 4 fully saturated rings. The number of nitrogens with one attached hydrogen (secondary N) is 3. The molecular weight excluding hydrogens is 860 g/mol. The average molecular weight is 908 g/mol. The highest BCUT2D eigenvalue weighted by molar-refractivity contribution is 7.91. The van der Waals surface area contributed by atoms with Gasteiger partial charge in [-0.1, -0.05) is 37.1 Å². The molecule has 5 heterocycles. The predicted octanol–water partition coefficient (Wildman–Crippen LogP) is 6.15. The summed E-state index contributed by atoms with van der Waals surface area (Å²) < 4.78 is 87.3. The van der Waals surface area contributed by atoms with Crippen molar-refractivity contribution in [1.82, 2.24) is 35.2 Å². The van der Waals surface area contributed by atoms with Gasteiger partial charge in [0.15, 0.2) is 5.82 Å². The molecule has 0 radical (unpaired) electrons. The lowest BCUT2D eigenvalue weighted by Gasteiger charge is -2.30. The quantitative estimate of drug-likeness (QED) is 0.170. The summed E-state index contributed by atoms with van der Waals surface area (Å²) in [6.07, 6.45) is 4.01. The molecule has 3 saturated carbocycles. The number of aryl methyl sites for hydroxylation is 1. The number of alkyl halides is 3. The van der Waals surface area contributed by atoms with Gasteiger partial charge in [0.2, 0.25) is 27.4 Å². The van der Waals surface area contributed by atoms with Gasteiger partial charge in [0.25, 0.3) is 11.8 Å². The second-order valence-corrected chi connectivity index (χ2v) is 19.4. The first-order valence-electron chi connectivity index (χ1n) is 21.8. The number of benzene rings is 1. The largest absolute Gasteiger partial charge is 0.470 e. The zero-order chi connectivity index (χ0) is 45.0. The molecular formula is C44H48F3N7O9S. The lowest BCUT2D eigenvalue weighted by Crippen LogP contribution is -2.58. The van der Waals surface area contributed by atoms with Crippen LogP contribution in [0.15, 0.2) is 53.0 Å². The van der Waals surface area contributed by atoms with Crippen molar-refractivity contribution in [1.29, 1.82) is 0 Å². The SMILES string of the molecule is Cc1nc(C(F)(F)F)ccc1-c1nc(O[C@@H]2C[C@H]3C(=O)N[C@]4(C(=O)NS(=O)(=O)C5CC5)C[C@@H]4/C=C\CCCCC[C@H](NC(=O)OC4CCCC4)C(=O)N3C2)c2oc3ccccc3c2n1. The van der Waals surface area contributed by atoms with E-state index in [4.69, 9.17) is 13.9 Å². The van der Waals surface area contributed by atoms with Crippen LogP contribution in [-0.4, -0.2) is 93.7 Å². The Bertz CT molecular complexity index is 2650. The van der Waals surface area contributed by atoms with Crippen LogP contribution < -0.4 is 20.1 Å². The van der Waals surface area contributed by atoms with Crippen LogP contribution in [0.3, 0.4) is 0 Å². The number of halogens is 3. The number of hydrogen-bond acceptors (Lipinski definition) is 12. The molecule has 3 aliphatic carbocycles. The highest BCUT2D eigenvalue weighted by atomic mass is 32.2.